The third-order valence-corrected chi connectivity index (χ3v) is 2.92. The van der Waals surface area contributed by atoms with Crippen molar-refractivity contribution in [1.82, 2.24) is 4.98 Å². The van der Waals surface area contributed by atoms with E-state index in [1.54, 1.807) is 12.1 Å². The van der Waals surface area contributed by atoms with Gasteiger partial charge in [0.05, 0.1) is 13.5 Å². The van der Waals surface area contributed by atoms with E-state index in [0.717, 1.165) is 10.9 Å². The Hall–Kier alpha value is -1.19. The monoisotopic (exact) mass is 257 g/mol. The van der Waals surface area contributed by atoms with E-state index in [1.165, 1.54) is 7.11 Å². The zero-order valence-corrected chi connectivity index (χ0v) is 10.0. The van der Waals surface area contributed by atoms with Gasteiger partial charge in [-0.15, -0.1) is 0 Å². The lowest BCUT2D eigenvalue weighted by molar-refractivity contribution is -0.139. The van der Waals surface area contributed by atoms with E-state index in [-0.39, 0.29) is 12.4 Å². The van der Waals surface area contributed by atoms with Crippen LogP contribution in [0.4, 0.5) is 0 Å². The molecular weight excluding hydrogens is 249 g/mol. The van der Waals surface area contributed by atoms with Gasteiger partial charge in [0.25, 0.3) is 0 Å². The van der Waals surface area contributed by atoms with Gasteiger partial charge >= 0.3 is 5.97 Å². The van der Waals surface area contributed by atoms with Crippen molar-refractivity contribution >= 4 is 40.1 Å². The molecule has 0 bridgehead atoms. The summed E-state index contributed by atoms with van der Waals surface area (Å²) in [5.41, 5.74) is 1.57. The number of aromatic amines is 1. The number of rotatable bonds is 2. The fraction of sp³-hybridized carbons (Fsp3) is 0.182. The number of carbonyl (C=O) groups is 1. The van der Waals surface area contributed by atoms with Crippen LogP contribution in [0, 0.1) is 0 Å². The van der Waals surface area contributed by atoms with Crippen molar-refractivity contribution < 1.29 is 9.53 Å². The SMILES string of the molecule is COC(=O)Cc1c(Cl)[nH]c2ccc(Cl)cc12. The molecule has 0 fully saturated rings. The lowest BCUT2D eigenvalue weighted by Gasteiger charge is -1.99. The molecule has 1 heterocycles. The summed E-state index contributed by atoms with van der Waals surface area (Å²) in [6, 6.07) is 5.36. The van der Waals surface area contributed by atoms with Gasteiger partial charge in [0, 0.05) is 21.5 Å². The number of aromatic nitrogens is 1. The van der Waals surface area contributed by atoms with Crippen LogP contribution < -0.4 is 0 Å². The predicted octanol–water partition coefficient (Wildman–Crippen LogP) is 3.19. The molecule has 0 unspecified atom stereocenters. The molecule has 0 aliphatic rings. The summed E-state index contributed by atoms with van der Waals surface area (Å²) in [5, 5.41) is 1.90. The van der Waals surface area contributed by atoms with Gasteiger partial charge in [-0.05, 0) is 18.2 Å². The molecule has 0 saturated carbocycles. The van der Waals surface area contributed by atoms with Crippen LogP contribution in [0.3, 0.4) is 0 Å². The topological polar surface area (TPSA) is 42.1 Å². The van der Waals surface area contributed by atoms with Gasteiger partial charge in [-0.1, -0.05) is 23.2 Å². The molecule has 2 rings (SSSR count). The van der Waals surface area contributed by atoms with Crippen LogP contribution in [-0.4, -0.2) is 18.1 Å². The number of carbonyl (C=O) groups excluding carboxylic acids is 1. The van der Waals surface area contributed by atoms with Crippen molar-refractivity contribution in [2.75, 3.05) is 7.11 Å². The van der Waals surface area contributed by atoms with Crippen LogP contribution in [0.2, 0.25) is 10.2 Å². The Morgan fingerprint density at radius 2 is 2.19 bits per heavy atom. The van der Waals surface area contributed by atoms with Crippen molar-refractivity contribution in [2.24, 2.45) is 0 Å². The van der Waals surface area contributed by atoms with Crippen molar-refractivity contribution in [3.63, 3.8) is 0 Å². The Morgan fingerprint density at radius 1 is 1.44 bits per heavy atom. The Kier molecular flexibility index (Phi) is 3.08. The summed E-state index contributed by atoms with van der Waals surface area (Å²) in [6.45, 7) is 0. The van der Waals surface area contributed by atoms with E-state index in [9.17, 15) is 4.79 Å². The number of methoxy groups -OCH3 is 1. The number of H-pyrrole nitrogens is 1. The Morgan fingerprint density at radius 3 is 2.88 bits per heavy atom. The van der Waals surface area contributed by atoms with Crippen LogP contribution in [0.25, 0.3) is 10.9 Å². The third-order valence-electron chi connectivity index (χ3n) is 2.36. The molecule has 1 N–H and O–H groups in total. The minimum absolute atomic E-state index is 0.135. The van der Waals surface area contributed by atoms with Gasteiger partial charge in [-0.3, -0.25) is 4.79 Å². The van der Waals surface area contributed by atoms with E-state index in [4.69, 9.17) is 23.2 Å². The second-order valence-electron chi connectivity index (χ2n) is 3.36. The van der Waals surface area contributed by atoms with E-state index in [2.05, 4.69) is 9.72 Å². The molecule has 0 atom stereocenters. The number of esters is 1. The summed E-state index contributed by atoms with van der Waals surface area (Å²) in [7, 11) is 1.35. The van der Waals surface area contributed by atoms with E-state index >= 15 is 0 Å². The molecule has 2 aromatic rings. The van der Waals surface area contributed by atoms with Gasteiger partial charge in [0.1, 0.15) is 5.15 Å². The first-order chi connectivity index (χ1) is 7.61. The molecule has 0 aliphatic carbocycles. The van der Waals surface area contributed by atoms with Crippen LogP contribution >= 0.6 is 23.2 Å². The van der Waals surface area contributed by atoms with Crippen LogP contribution in [0.15, 0.2) is 18.2 Å². The molecular formula is C11H9Cl2NO2. The minimum atomic E-state index is -0.331. The van der Waals surface area contributed by atoms with Crippen molar-refractivity contribution in [2.45, 2.75) is 6.42 Å². The highest BCUT2D eigenvalue weighted by molar-refractivity contribution is 6.33. The zero-order chi connectivity index (χ0) is 11.7. The lowest BCUT2D eigenvalue weighted by atomic mass is 10.1. The smallest absolute Gasteiger partial charge is 0.310 e. The molecule has 5 heteroatoms. The number of halogens is 2. The Bertz CT molecular complexity index is 548. The zero-order valence-electron chi connectivity index (χ0n) is 8.51. The lowest BCUT2D eigenvalue weighted by Crippen LogP contribution is -2.04. The standard InChI is InChI=1S/C11H9Cl2NO2/c1-16-10(15)5-8-7-4-6(12)2-3-9(7)14-11(8)13/h2-4,14H,5H2,1H3. The number of ether oxygens (including phenoxy) is 1. The second-order valence-corrected chi connectivity index (χ2v) is 4.17. The van der Waals surface area contributed by atoms with E-state index in [0.29, 0.717) is 15.7 Å². The first kappa shape index (κ1) is 11.3. The highest BCUT2D eigenvalue weighted by Gasteiger charge is 2.14. The van der Waals surface area contributed by atoms with E-state index in [1.807, 2.05) is 6.07 Å². The summed E-state index contributed by atoms with van der Waals surface area (Å²) in [4.78, 5) is 14.2. The van der Waals surface area contributed by atoms with E-state index < -0.39 is 0 Å². The fourth-order valence-corrected chi connectivity index (χ4v) is 2.02. The maximum absolute atomic E-state index is 11.2. The molecule has 84 valence electrons. The van der Waals surface area contributed by atoms with Crippen LogP contribution in [0.5, 0.6) is 0 Å². The second kappa shape index (κ2) is 4.36. The first-order valence-corrected chi connectivity index (χ1v) is 5.40. The Labute approximate surface area is 102 Å². The predicted molar refractivity (Wildman–Crippen MR) is 64.0 cm³/mol. The normalized spacial score (nSPS) is 10.7. The molecule has 1 aromatic carbocycles. The molecule has 3 nitrogen and oxygen atoms in total. The first-order valence-electron chi connectivity index (χ1n) is 4.64. The largest absolute Gasteiger partial charge is 0.469 e. The van der Waals surface area contributed by atoms with Gasteiger partial charge < -0.3 is 9.72 Å². The highest BCUT2D eigenvalue weighted by Crippen LogP contribution is 2.28. The summed E-state index contributed by atoms with van der Waals surface area (Å²) in [5.74, 6) is -0.331. The van der Waals surface area contributed by atoms with Crippen molar-refractivity contribution in [3.8, 4) is 0 Å². The van der Waals surface area contributed by atoms with Crippen molar-refractivity contribution in [1.29, 1.82) is 0 Å². The maximum Gasteiger partial charge on any atom is 0.310 e. The quantitative estimate of drug-likeness (QED) is 0.840. The molecule has 0 aliphatic heterocycles. The van der Waals surface area contributed by atoms with Gasteiger partial charge in [0.2, 0.25) is 0 Å². The van der Waals surface area contributed by atoms with Crippen LogP contribution in [-0.2, 0) is 16.0 Å². The number of nitrogens with one attached hydrogen (secondary N) is 1. The molecule has 0 saturated heterocycles. The third kappa shape index (κ3) is 2.01. The highest BCUT2D eigenvalue weighted by atomic mass is 35.5. The summed E-state index contributed by atoms with van der Waals surface area (Å²) < 4.78 is 4.61. The number of hydrogen-bond donors (Lipinski definition) is 1. The number of fused-ring (bicyclic) bond motifs is 1. The Balaban J connectivity index is 2.54. The molecule has 0 radical (unpaired) electrons. The molecule has 16 heavy (non-hydrogen) atoms. The summed E-state index contributed by atoms with van der Waals surface area (Å²) >= 11 is 11.9. The van der Waals surface area contributed by atoms with Crippen LogP contribution in [0.1, 0.15) is 5.56 Å². The average Bonchev–Trinajstić information content (AvgIpc) is 2.55. The average molecular weight is 258 g/mol. The molecule has 1 aromatic heterocycles. The van der Waals surface area contributed by atoms with Gasteiger partial charge in [-0.2, -0.15) is 0 Å². The van der Waals surface area contributed by atoms with Gasteiger partial charge in [0.15, 0.2) is 0 Å². The summed E-state index contributed by atoms with van der Waals surface area (Å²) in [6.07, 6.45) is 0.135. The number of hydrogen-bond acceptors (Lipinski definition) is 2. The number of benzene rings is 1. The fourth-order valence-electron chi connectivity index (χ4n) is 1.58. The minimum Gasteiger partial charge on any atom is -0.469 e. The molecule has 0 spiro atoms. The van der Waals surface area contributed by atoms with Gasteiger partial charge in [-0.25, -0.2) is 0 Å². The molecule has 0 amide bonds. The van der Waals surface area contributed by atoms with Crippen molar-refractivity contribution in [3.05, 3.63) is 33.9 Å². The maximum atomic E-state index is 11.2.